The third-order valence-corrected chi connectivity index (χ3v) is 7.99. The van der Waals surface area contributed by atoms with E-state index in [2.05, 4.69) is 10.5 Å². The molecule has 1 spiro atoms. The number of amides is 1. The zero-order chi connectivity index (χ0) is 20.0. The van der Waals surface area contributed by atoms with E-state index in [0.29, 0.717) is 32.8 Å². The van der Waals surface area contributed by atoms with Crippen molar-refractivity contribution < 1.29 is 23.1 Å². The maximum Gasteiger partial charge on any atom is 0.415 e. The molecule has 0 radical (unpaired) electrons. The van der Waals surface area contributed by atoms with Gasteiger partial charge in [0.15, 0.2) is 11.6 Å². The lowest BCUT2D eigenvalue weighted by Crippen LogP contribution is -2.31. The highest BCUT2D eigenvalue weighted by molar-refractivity contribution is 8.39. The van der Waals surface area contributed by atoms with Crippen molar-refractivity contribution in [3.05, 3.63) is 23.8 Å². The number of carbonyl (C=O) groups excluding carboxylic acids is 1. The van der Waals surface area contributed by atoms with Gasteiger partial charge in [-0.25, -0.2) is 19.1 Å². The molecule has 1 N–H and O–H groups in total. The highest BCUT2D eigenvalue weighted by atomic mass is 32.2. The van der Waals surface area contributed by atoms with Crippen LogP contribution in [0.25, 0.3) is 0 Å². The molecule has 11 heteroatoms. The molecule has 3 aliphatic heterocycles. The second-order valence-electron chi connectivity index (χ2n) is 7.31. The Bertz CT molecular complexity index is 843. The Balaban J connectivity index is 1.33. The Labute approximate surface area is 175 Å². The average molecular weight is 443 g/mol. The van der Waals surface area contributed by atoms with E-state index in [9.17, 15) is 13.6 Å². The van der Waals surface area contributed by atoms with Crippen molar-refractivity contribution in [3.63, 3.8) is 0 Å². The molecule has 1 amide bonds. The fraction of sp³-hybridized carbons (Fsp3) is 0.556. The highest BCUT2D eigenvalue weighted by Gasteiger charge is 2.64. The lowest BCUT2D eigenvalue weighted by molar-refractivity contribution is 0.0589. The third kappa shape index (κ3) is 3.69. The number of carbonyl (C=O) groups is 1. The van der Waals surface area contributed by atoms with Gasteiger partial charge in [-0.1, -0.05) is 23.5 Å². The van der Waals surface area contributed by atoms with E-state index in [1.165, 1.54) is 17.0 Å². The molecule has 3 heterocycles. The minimum absolute atomic E-state index is 0.0977. The number of anilines is 2. The van der Waals surface area contributed by atoms with Gasteiger partial charge in [0, 0.05) is 43.9 Å². The van der Waals surface area contributed by atoms with Crippen molar-refractivity contribution in [1.82, 2.24) is 5.48 Å². The van der Waals surface area contributed by atoms with Crippen molar-refractivity contribution in [1.29, 1.82) is 0 Å². The summed E-state index contributed by atoms with van der Waals surface area (Å²) in [7, 11) is 0. The molecule has 7 nitrogen and oxygen atoms in total. The summed E-state index contributed by atoms with van der Waals surface area (Å²) in [4.78, 5) is 24.9. The summed E-state index contributed by atoms with van der Waals surface area (Å²) in [5.74, 6) is -0.416. The Morgan fingerprint density at radius 3 is 2.90 bits per heavy atom. The van der Waals surface area contributed by atoms with Gasteiger partial charge >= 0.3 is 6.09 Å². The fourth-order valence-corrected chi connectivity index (χ4v) is 6.33. The number of hydroxylamine groups is 1. The van der Waals surface area contributed by atoms with Gasteiger partial charge in [-0.3, -0.25) is 14.7 Å². The summed E-state index contributed by atoms with van der Waals surface area (Å²) in [6, 6.07) is 2.42. The molecule has 1 aromatic carbocycles. The first-order chi connectivity index (χ1) is 14.1. The molecule has 0 aromatic heterocycles. The minimum atomic E-state index is -0.700. The molecule has 4 aliphatic rings. The molecule has 2 saturated heterocycles. The molecular formula is C18H20F2N4O3S2. The number of hydrogen-bond acceptors (Lipinski definition) is 8. The molecule has 0 bridgehead atoms. The van der Waals surface area contributed by atoms with E-state index in [1.54, 1.807) is 28.4 Å². The van der Waals surface area contributed by atoms with Crippen molar-refractivity contribution in [2.45, 2.75) is 17.3 Å². The van der Waals surface area contributed by atoms with E-state index >= 15 is 0 Å². The fourth-order valence-electron chi connectivity index (χ4n) is 3.80. The molecule has 1 aliphatic carbocycles. The van der Waals surface area contributed by atoms with Gasteiger partial charge in [-0.15, -0.1) is 0 Å². The van der Waals surface area contributed by atoms with E-state index in [-0.39, 0.29) is 16.6 Å². The molecule has 5 rings (SSSR count). The topological polar surface area (TPSA) is 66.4 Å². The summed E-state index contributed by atoms with van der Waals surface area (Å²) >= 11 is 3.35. The van der Waals surface area contributed by atoms with Crippen LogP contribution in [-0.2, 0) is 9.57 Å². The van der Waals surface area contributed by atoms with Crippen molar-refractivity contribution in [2.75, 3.05) is 54.9 Å². The van der Waals surface area contributed by atoms with E-state index in [1.807, 2.05) is 0 Å². The lowest BCUT2D eigenvalue weighted by atomic mass is 10.2. The van der Waals surface area contributed by atoms with Gasteiger partial charge in [0.25, 0.3) is 0 Å². The first-order valence-electron chi connectivity index (χ1n) is 9.49. The number of thioether (sulfide) groups is 2. The standard InChI is InChI=1S/C18H20F2N4O3S2/c19-12-7-11(8-13(20)15(12)23-3-1-22-26-5-4-23)24-10-18(27-17(24)25)9-14(18)29-16-21-2-6-28-16/h7-8,14,22H,1-6,9-10H2/t14-,18-/m0/s1. The predicted octanol–water partition coefficient (Wildman–Crippen LogP) is 2.61. The van der Waals surface area contributed by atoms with Crippen LogP contribution in [0.2, 0.25) is 0 Å². The number of nitrogens with one attached hydrogen (secondary N) is 1. The Hall–Kier alpha value is -1.56. The van der Waals surface area contributed by atoms with E-state index in [4.69, 9.17) is 9.57 Å². The van der Waals surface area contributed by atoms with Gasteiger partial charge in [-0.05, 0) is 0 Å². The molecular weight excluding hydrogens is 422 g/mol. The first kappa shape index (κ1) is 19.4. The molecule has 2 atom stereocenters. The first-order valence-corrected chi connectivity index (χ1v) is 11.4. The van der Waals surface area contributed by atoms with Crippen LogP contribution in [-0.4, -0.2) is 66.4 Å². The molecule has 3 fully saturated rings. The SMILES string of the molecule is O=C1O[C@@]2(C[C@@H]2SC2=NCCS2)CN1c1cc(F)c(N2CCNOCC2)c(F)c1. The van der Waals surface area contributed by atoms with Gasteiger partial charge < -0.3 is 9.64 Å². The van der Waals surface area contributed by atoms with Crippen LogP contribution in [0.3, 0.4) is 0 Å². The number of rotatable bonds is 3. The summed E-state index contributed by atoms with van der Waals surface area (Å²) in [6.45, 7) is 2.69. The second kappa shape index (κ2) is 7.60. The summed E-state index contributed by atoms with van der Waals surface area (Å²) in [6.07, 6.45) is 0.164. The average Bonchev–Trinajstić information content (AvgIpc) is 2.98. The quantitative estimate of drug-likeness (QED) is 0.772. The molecule has 1 saturated carbocycles. The number of hydrogen-bond donors (Lipinski definition) is 1. The van der Waals surface area contributed by atoms with Crippen LogP contribution in [0, 0.1) is 11.6 Å². The van der Waals surface area contributed by atoms with Crippen LogP contribution < -0.4 is 15.3 Å². The maximum atomic E-state index is 14.8. The molecule has 29 heavy (non-hydrogen) atoms. The summed E-state index contributed by atoms with van der Waals surface area (Å²) in [5.41, 5.74) is 2.22. The van der Waals surface area contributed by atoms with Crippen molar-refractivity contribution in [2.24, 2.45) is 4.99 Å². The van der Waals surface area contributed by atoms with E-state index in [0.717, 1.165) is 23.1 Å². The smallest absolute Gasteiger partial charge is 0.415 e. The van der Waals surface area contributed by atoms with Crippen LogP contribution in [0.4, 0.5) is 25.0 Å². The van der Waals surface area contributed by atoms with Crippen LogP contribution in [0.15, 0.2) is 17.1 Å². The monoisotopic (exact) mass is 442 g/mol. The zero-order valence-corrected chi connectivity index (χ0v) is 17.2. The Morgan fingerprint density at radius 1 is 1.31 bits per heavy atom. The lowest BCUT2D eigenvalue weighted by Gasteiger charge is -2.24. The normalized spacial score (nSPS) is 29.2. The number of ether oxygens (including phenoxy) is 1. The van der Waals surface area contributed by atoms with Gasteiger partial charge in [0.1, 0.15) is 15.7 Å². The maximum absolute atomic E-state index is 14.8. The van der Waals surface area contributed by atoms with Crippen molar-refractivity contribution in [3.8, 4) is 0 Å². The van der Waals surface area contributed by atoms with E-state index < -0.39 is 23.3 Å². The van der Waals surface area contributed by atoms with Crippen molar-refractivity contribution >= 4 is 45.4 Å². The zero-order valence-electron chi connectivity index (χ0n) is 15.5. The van der Waals surface area contributed by atoms with Gasteiger partial charge in [0.2, 0.25) is 0 Å². The van der Waals surface area contributed by atoms with Gasteiger partial charge in [-0.2, -0.15) is 0 Å². The predicted molar refractivity (Wildman–Crippen MR) is 110 cm³/mol. The third-order valence-electron chi connectivity index (χ3n) is 5.37. The highest BCUT2D eigenvalue weighted by Crippen LogP contribution is 2.54. The second-order valence-corrected chi connectivity index (χ2v) is 9.85. The number of benzene rings is 1. The van der Waals surface area contributed by atoms with Gasteiger partial charge in [0.05, 0.1) is 30.6 Å². The Kier molecular flexibility index (Phi) is 5.09. The molecule has 0 unspecified atom stereocenters. The summed E-state index contributed by atoms with van der Waals surface area (Å²) in [5, 5.41) is 0.138. The minimum Gasteiger partial charge on any atom is -0.439 e. The molecule has 156 valence electrons. The van der Waals surface area contributed by atoms with Crippen LogP contribution >= 0.6 is 23.5 Å². The Morgan fingerprint density at radius 2 is 2.14 bits per heavy atom. The largest absolute Gasteiger partial charge is 0.439 e. The van der Waals surface area contributed by atoms with Crippen LogP contribution in [0.5, 0.6) is 0 Å². The molecule has 1 aromatic rings. The number of nitrogens with zero attached hydrogens (tertiary/aromatic N) is 3. The number of halogens is 2. The van der Waals surface area contributed by atoms with Crippen LogP contribution in [0.1, 0.15) is 6.42 Å². The number of aliphatic imine (C=N–C) groups is 1. The summed E-state index contributed by atoms with van der Waals surface area (Å²) < 4.78 is 36.3.